The van der Waals surface area contributed by atoms with Gasteiger partial charge in [-0.2, -0.15) is 0 Å². The minimum absolute atomic E-state index is 0.0223. The zero-order valence-electron chi connectivity index (χ0n) is 6.89. The second-order valence-electron chi connectivity index (χ2n) is 2.68. The van der Waals surface area contributed by atoms with Crippen molar-refractivity contribution < 1.29 is 10.2 Å². The number of aliphatic hydroxyl groups is 2. The molecule has 0 radical (unpaired) electrons. The molecule has 4 nitrogen and oxygen atoms in total. The van der Waals surface area contributed by atoms with Crippen molar-refractivity contribution >= 4 is 17.4 Å². The number of aromatic nitrogens is 1. The first-order valence-electron chi connectivity index (χ1n) is 3.78. The van der Waals surface area contributed by atoms with Crippen molar-refractivity contribution in [2.45, 2.75) is 12.2 Å². The molecule has 0 fully saturated rings. The number of anilines is 1. The fourth-order valence-corrected chi connectivity index (χ4v) is 1.07. The monoisotopic (exact) mass is 202 g/mol. The van der Waals surface area contributed by atoms with Crippen LogP contribution in [0.3, 0.4) is 0 Å². The lowest BCUT2D eigenvalue weighted by Gasteiger charge is -2.14. The van der Waals surface area contributed by atoms with Gasteiger partial charge in [0.1, 0.15) is 11.9 Å². The Morgan fingerprint density at radius 2 is 2.15 bits per heavy atom. The number of nitrogen functional groups attached to an aromatic ring is 1. The highest BCUT2D eigenvalue weighted by atomic mass is 35.5. The van der Waals surface area contributed by atoms with E-state index < -0.39 is 12.2 Å². The first-order valence-corrected chi connectivity index (χ1v) is 4.32. The summed E-state index contributed by atoms with van der Waals surface area (Å²) >= 11 is 5.37. The molecule has 1 aromatic rings. The highest BCUT2D eigenvalue weighted by Crippen LogP contribution is 2.17. The van der Waals surface area contributed by atoms with Gasteiger partial charge in [0.25, 0.3) is 0 Å². The van der Waals surface area contributed by atoms with Crippen LogP contribution >= 0.6 is 11.6 Å². The van der Waals surface area contributed by atoms with E-state index in [1.54, 1.807) is 12.1 Å². The number of rotatable bonds is 3. The highest BCUT2D eigenvalue weighted by Gasteiger charge is 2.17. The smallest absolute Gasteiger partial charge is 0.123 e. The predicted octanol–water partition coefficient (Wildman–Crippen LogP) is 0.297. The summed E-state index contributed by atoms with van der Waals surface area (Å²) in [5.41, 5.74) is 5.86. The molecule has 5 heteroatoms. The van der Waals surface area contributed by atoms with Gasteiger partial charge in [-0.25, -0.2) is 4.98 Å². The van der Waals surface area contributed by atoms with E-state index in [1.165, 1.54) is 6.20 Å². The summed E-state index contributed by atoms with van der Waals surface area (Å²) in [6, 6.07) is 3.16. The molecule has 0 aliphatic carbocycles. The summed E-state index contributed by atoms with van der Waals surface area (Å²) in [5.74, 6) is 0.349. The van der Waals surface area contributed by atoms with Gasteiger partial charge in [-0.3, -0.25) is 0 Å². The number of pyridine rings is 1. The van der Waals surface area contributed by atoms with Crippen LogP contribution in [0, 0.1) is 0 Å². The molecule has 4 N–H and O–H groups in total. The van der Waals surface area contributed by atoms with E-state index >= 15 is 0 Å². The Kier molecular flexibility index (Phi) is 3.48. The number of aliphatic hydroxyl groups excluding tert-OH is 2. The lowest BCUT2D eigenvalue weighted by atomic mass is 10.1. The number of hydrogen-bond acceptors (Lipinski definition) is 4. The minimum atomic E-state index is -1.01. The number of hydrogen-bond donors (Lipinski definition) is 3. The second-order valence-corrected chi connectivity index (χ2v) is 2.99. The van der Waals surface area contributed by atoms with Crippen LogP contribution in [0.15, 0.2) is 18.3 Å². The number of nitrogens with zero attached hydrogens (tertiary/aromatic N) is 1. The minimum Gasteiger partial charge on any atom is -0.389 e. The standard InChI is InChI=1S/C8H11ClN2O2/c9-3-6(12)8(13)5-1-2-7(10)11-4-5/h1-2,4,6,8,12-13H,3H2,(H2,10,11). The lowest BCUT2D eigenvalue weighted by molar-refractivity contribution is 0.0325. The number of alkyl halides is 1. The summed E-state index contributed by atoms with van der Waals surface area (Å²) in [6.07, 6.45) is -0.576. The molecule has 0 amide bonds. The van der Waals surface area contributed by atoms with Crippen molar-refractivity contribution in [2.24, 2.45) is 0 Å². The van der Waals surface area contributed by atoms with Crippen LogP contribution in [-0.4, -0.2) is 27.2 Å². The molecular weight excluding hydrogens is 192 g/mol. The largest absolute Gasteiger partial charge is 0.389 e. The van der Waals surface area contributed by atoms with Gasteiger partial charge in [0.2, 0.25) is 0 Å². The summed E-state index contributed by atoms with van der Waals surface area (Å²) in [7, 11) is 0. The molecule has 2 atom stereocenters. The van der Waals surface area contributed by atoms with Crippen molar-refractivity contribution in [3.8, 4) is 0 Å². The Balaban J connectivity index is 2.77. The van der Waals surface area contributed by atoms with Crippen LogP contribution < -0.4 is 5.73 Å². The zero-order chi connectivity index (χ0) is 9.84. The van der Waals surface area contributed by atoms with E-state index in [1.807, 2.05) is 0 Å². The summed E-state index contributed by atoms with van der Waals surface area (Å²) in [5, 5.41) is 18.7. The van der Waals surface area contributed by atoms with Gasteiger partial charge in [-0.05, 0) is 6.07 Å². The van der Waals surface area contributed by atoms with Gasteiger partial charge in [-0.15, -0.1) is 11.6 Å². The molecule has 0 aliphatic heterocycles. The van der Waals surface area contributed by atoms with Crippen molar-refractivity contribution in [1.82, 2.24) is 4.98 Å². The maximum absolute atomic E-state index is 9.46. The van der Waals surface area contributed by atoms with Gasteiger partial charge >= 0.3 is 0 Å². The Morgan fingerprint density at radius 3 is 2.62 bits per heavy atom. The van der Waals surface area contributed by atoms with Gasteiger partial charge < -0.3 is 15.9 Å². The third kappa shape index (κ3) is 2.55. The van der Waals surface area contributed by atoms with Crippen molar-refractivity contribution in [3.63, 3.8) is 0 Å². The molecule has 1 heterocycles. The topological polar surface area (TPSA) is 79.4 Å². The van der Waals surface area contributed by atoms with Gasteiger partial charge in [0.15, 0.2) is 0 Å². The third-order valence-electron chi connectivity index (χ3n) is 1.67. The molecule has 1 rings (SSSR count). The molecule has 0 spiro atoms. The Labute approximate surface area is 81.0 Å². The molecular formula is C8H11ClN2O2. The van der Waals surface area contributed by atoms with Crippen molar-refractivity contribution in [2.75, 3.05) is 11.6 Å². The van der Waals surface area contributed by atoms with Crippen LogP contribution in [-0.2, 0) is 0 Å². The van der Waals surface area contributed by atoms with Crippen LogP contribution in [0.25, 0.3) is 0 Å². The quantitative estimate of drug-likeness (QED) is 0.616. The first-order chi connectivity index (χ1) is 6.15. The molecule has 0 aliphatic rings. The fraction of sp³-hybridized carbons (Fsp3) is 0.375. The maximum atomic E-state index is 9.46. The Hall–Kier alpha value is -0.840. The second kappa shape index (κ2) is 4.41. The molecule has 0 aromatic carbocycles. The van der Waals surface area contributed by atoms with Crippen LogP contribution in [0.2, 0.25) is 0 Å². The lowest BCUT2D eigenvalue weighted by Crippen LogP contribution is -2.19. The molecule has 0 saturated heterocycles. The molecule has 0 bridgehead atoms. The van der Waals surface area contributed by atoms with E-state index in [-0.39, 0.29) is 5.88 Å². The fourth-order valence-electron chi connectivity index (χ4n) is 0.898. The van der Waals surface area contributed by atoms with E-state index in [2.05, 4.69) is 4.98 Å². The Morgan fingerprint density at radius 1 is 1.46 bits per heavy atom. The molecule has 2 unspecified atom stereocenters. The molecule has 0 saturated carbocycles. The average Bonchev–Trinajstić information content (AvgIpc) is 2.17. The van der Waals surface area contributed by atoms with Gasteiger partial charge in [0, 0.05) is 11.8 Å². The summed E-state index contributed by atoms with van der Waals surface area (Å²) in [6.45, 7) is 0. The average molecular weight is 203 g/mol. The van der Waals surface area contributed by atoms with Gasteiger partial charge in [-0.1, -0.05) is 6.07 Å². The predicted molar refractivity (Wildman–Crippen MR) is 50.3 cm³/mol. The van der Waals surface area contributed by atoms with E-state index in [9.17, 15) is 10.2 Å². The van der Waals surface area contributed by atoms with Crippen molar-refractivity contribution in [3.05, 3.63) is 23.9 Å². The summed E-state index contributed by atoms with van der Waals surface area (Å²) < 4.78 is 0. The highest BCUT2D eigenvalue weighted by molar-refractivity contribution is 6.18. The zero-order valence-corrected chi connectivity index (χ0v) is 7.65. The van der Waals surface area contributed by atoms with Crippen LogP contribution in [0.4, 0.5) is 5.82 Å². The first kappa shape index (κ1) is 10.2. The van der Waals surface area contributed by atoms with Crippen molar-refractivity contribution in [1.29, 1.82) is 0 Å². The third-order valence-corrected chi connectivity index (χ3v) is 1.99. The van der Waals surface area contributed by atoms with E-state index in [4.69, 9.17) is 17.3 Å². The van der Waals surface area contributed by atoms with E-state index in [0.29, 0.717) is 11.4 Å². The Bertz CT molecular complexity index is 265. The van der Waals surface area contributed by atoms with E-state index in [0.717, 1.165) is 0 Å². The molecule has 13 heavy (non-hydrogen) atoms. The maximum Gasteiger partial charge on any atom is 0.123 e. The van der Waals surface area contributed by atoms with Gasteiger partial charge in [0.05, 0.1) is 12.0 Å². The number of nitrogens with two attached hydrogens (primary N) is 1. The summed E-state index contributed by atoms with van der Waals surface area (Å²) in [4.78, 5) is 3.78. The number of halogens is 1. The normalized spacial score (nSPS) is 15.3. The van der Waals surface area contributed by atoms with Crippen LogP contribution in [0.5, 0.6) is 0 Å². The van der Waals surface area contributed by atoms with Crippen LogP contribution in [0.1, 0.15) is 11.7 Å². The molecule has 1 aromatic heterocycles. The SMILES string of the molecule is Nc1ccc(C(O)C(O)CCl)cn1. The molecule has 72 valence electrons.